The fourth-order valence-electron chi connectivity index (χ4n) is 2.75. The molecule has 7 heteroatoms. The molecule has 3 rings (SSSR count). The van der Waals surface area contributed by atoms with Gasteiger partial charge in [-0.05, 0) is 55.8 Å². The van der Waals surface area contributed by atoms with Crippen molar-refractivity contribution in [3.63, 3.8) is 0 Å². The van der Waals surface area contributed by atoms with Gasteiger partial charge in [0.05, 0.1) is 23.1 Å². The summed E-state index contributed by atoms with van der Waals surface area (Å²) in [4.78, 5) is 24.4. The Morgan fingerprint density at radius 3 is 2.46 bits per heavy atom. The molecule has 0 saturated heterocycles. The molecule has 0 saturated carbocycles. The highest BCUT2D eigenvalue weighted by atomic mass is 79.9. The van der Waals surface area contributed by atoms with Crippen molar-refractivity contribution in [2.75, 3.05) is 10.6 Å². The molecule has 1 aromatic heterocycles. The van der Waals surface area contributed by atoms with E-state index in [0.29, 0.717) is 23.4 Å². The molecule has 2 aromatic carbocycles. The third kappa shape index (κ3) is 4.31. The molecule has 28 heavy (non-hydrogen) atoms. The number of aryl methyl sites for hydroxylation is 1. The molecule has 2 amide bonds. The Morgan fingerprint density at radius 1 is 1.07 bits per heavy atom. The van der Waals surface area contributed by atoms with Crippen molar-refractivity contribution < 1.29 is 9.59 Å². The highest BCUT2D eigenvalue weighted by Crippen LogP contribution is 2.23. The Kier molecular flexibility index (Phi) is 5.94. The molecule has 0 radical (unpaired) electrons. The normalized spacial score (nSPS) is 10.6. The highest BCUT2D eigenvalue weighted by molar-refractivity contribution is 9.10. The first-order valence-corrected chi connectivity index (χ1v) is 9.70. The minimum Gasteiger partial charge on any atom is -0.326 e. The Labute approximate surface area is 172 Å². The molecule has 0 bridgehead atoms. The average Bonchev–Trinajstić information content (AvgIpc) is 3.06. The molecule has 0 atom stereocenters. The summed E-state index contributed by atoms with van der Waals surface area (Å²) >= 11 is 3.41. The zero-order valence-electron chi connectivity index (χ0n) is 15.9. The number of amides is 2. The van der Waals surface area contributed by atoms with Crippen LogP contribution in [0.25, 0.3) is 5.69 Å². The summed E-state index contributed by atoms with van der Waals surface area (Å²) in [6.07, 6.45) is 1.95. The maximum Gasteiger partial charge on any atom is 0.259 e. The Balaban J connectivity index is 1.83. The van der Waals surface area contributed by atoms with Crippen LogP contribution in [-0.4, -0.2) is 21.6 Å². The minimum atomic E-state index is -0.247. The van der Waals surface area contributed by atoms with Gasteiger partial charge in [0.25, 0.3) is 5.91 Å². The SMILES string of the molecule is CCC(=O)Nc1ccc(C)c(NC(=O)c2cnn(-c3ccc(Br)cc3)c2C)c1. The van der Waals surface area contributed by atoms with Crippen molar-refractivity contribution in [3.8, 4) is 5.69 Å². The lowest BCUT2D eigenvalue weighted by Crippen LogP contribution is -2.15. The van der Waals surface area contributed by atoms with Crippen LogP contribution in [-0.2, 0) is 4.79 Å². The fourth-order valence-corrected chi connectivity index (χ4v) is 3.01. The highest BCUT2D eigenvalue weighted by Gasteiger charge is 2.16. The van der Waals surface area contributed by atoms with Crippen LogP contribution in [0, 0.1) is 13.8 Å². The number of hydrogen-bond acceptors (Lipinski definition) is 3. The third-order valence-corrected chi connectivity index (χ3v) is 4.94. The van der Waals surface area contributed by atoms with Gasteiger partial charge in [0, 0.05) is 22.3 Å². The van der Waals surface area contributed by atoms with Crippen molar-refractivity contribution in [3.05, 3.63) is 70.0 Å². The molecule has 2 N–H and O–H groups in total. The maximum atomic E-state index is 12.8. The molecular formula is C21H21BrN4O2. The largest absolute Gasteiger partial charge is 0.326 e. The predicted octanol–water partition coefficient (Wildman–Crippen LogP) is 4.85. The van der Waals surface area contributed by atoms with E-state index >= 15 is 0 Å². The lowest BCUT2D eigenvalue weighted by Gasteiger charge is -2.11. The first-order chi connectivity index (χ1) is 13.4. The van der Waals surface area contributed by atoms with Gasteiger partial charge in [0.15, 0.2) is 0 Å². The van der Waals surface area contributed by atoms with Gasteiger partial charge in [0.2, 0.25) is 5.91 Å². The summed E-state index contributed by atoms with van der Waals surface area (Å²) in [7, 11) is 0. The molecule has 0 fully saturated rings. The summed E-state index contributed by atoms with van der Waals surface area (Å²) in [5.41, 5.74) is 4.31. The van der Waals surface area contributed by atoms with E-state index in [1.54, 1.807) is 23.9 Å². The van der Waals surface area contributed by atoms with Crippen LogP contribution in [0.2, 0.25) is 0 Å². The van der Waals surface area contributed by atoms with Gasteiger partial charge in [-0.2, -0.15) is 5.10 Å². The molecule has 0 aliphatic carbocycles. The minimum absolute atomic E-state index is 0.0762. The van der Waals surface area contributed by atoms with E-state index in [4.69, 9.17) is 0 Å². The van der Waals surface area contributed by atoms with Gasteiger partial charge in [-0.15, -0.1) is 0 Å². The first kappa shape index (κ1) is 19.8. The van der Waals surface area contributed by atoms with E-state index in [1.165, 1.54) is 0 Å². The van der Waals surface area contributed by atoms with Crippen molar-refractivity contribution in [2.45, 2.75) is 27.2 Å². The molecular weight excluding hydrogens is 420 g/mol. The summed E-state index contributed by atoms with van der Waals surface area (Å²) < 4.78 is 2.70. The Hall–Kier alpha value is -2.93. The van der Waals surface area contributed by atoms with E-state index in [1.807, 2.05) is 50.2 Å². The molecule has 0 aliphatic rings. The van der Waals surface area contributed by atoms with Gasteiger partial charge in [-0.1, -0.05) is 28.9 Å². The lowest BCUT2D eigenvalue weighted by atomic mass is 10.1. The van der Waals surface area contributed by atoms with Crippen molar-refractivity contribution in [1.29, 1.82) is 0 Å². The number of carbonyl (C=O) groups excluding carboxylic acids is 2. The standard InChI is InChI=1S/C21H21BrN4O2/c1-4-20(27)24-16-8-5-13(2)19(11-16)25-21(28)18-12-23-26(14(18)3)17-9-6-15(22)7-10-17/h5-12H,4H2,1-3H3,(H,24,27)(H,25,28). The molecule has 1 heterocycles. The van der Waals surface area contributed by atoms with E-state index in [0.717, 1.165) is 21.4 Å². The topological polar surface area (TPSA) is 76.0 Å². The first-order valence-electron chi connectivity index (χ1n) is 8.91. The van der Waals surface area contributed by atoms with Crippen molar-refractivity contribution >= 4 is 39.1 Å². The van der Waals surface area contributed by atoms with Crippen LogP contribution in [0.5, 0.6) is 0 Å². The smallest absolute Gasteiger partial charge is 0.259 e. The van der Waals surface area contributed by atoms with E-state index in [-0.39, 0.29) is 11.8 Å². The number of carbonyl (C=O) groups is 2. The number of nitrogens with zero attached hydrogens (tertiary/aromatic N) is 2. The van der Waals surface area contributed by atoms with Crippen LogP contribution in [0.1, 0.15) is 35.0 Å². The molecule has 6 nitrogen and oxygen atoms in total. The number of aromatic nitrogens is 2. The van der Waals surface area contributed by atoms with Gasteiger partial charge >= 0.3 is 0 Å². The van der Waals surface area contributed by atoms with Gasteiger partial charge in [-0.25, -0.2) is 4.68 Å². The number of halogens is 1. The maximum absolute atomic E-state index is 12.8. The monoisotopic (exact) mass is 440 g/mol. The summed E-state index contributed by atoms with van der Waals surface area (Å²) in [6, 6.07) is 13.1. The van der Waals surface area contributed by atoms with E-state index in [9.17, 15) is 9.59 Å². The van der Waals surface area contributed by atoms with E-state index < -0.39 is 0 Å². The molecule has 0 aliphatic heterocycles. The van der Waals surface area contributed by atoms with Crippen LogP contribution < -0.4 is 10.6 Å². The quantitative estimate of drug-likeness (QED) is 0.594. The van der Waals surface area contributed by atoms with Gasteiger partial charge in [-0.3, -0.25) is 9.59 Å². The number of benzene rings is 2. The number of rotatable bonds is 5. The summed E-state index contributed by atoms with van der Waals surface area (Å²) in [6.45, 7) is 5.55. The van der Waals surface area contributed by atoms with Crippen molar-refractivity contribution in [2.24, 2.45) is 0 Å². The number of nitrogens with one attached hydrogen (secondary N) is 2. The second-order valence-electron chi connectivity index (χ2n) is 6.42. The zero-order chi connectivity index (χ0) is 20.3. The third-order valence-electron chi connectivity index (χ3n) is 4.42. The predicted molar refractivity (Wildman–Crippen MR) is 114 cm³/mol. The zero-order valence-corrected chi connectivity index (χ0v) is 17.5. The van der Waals surface area contributed by atoms with Crippen LogP contribution in [0.3, 0.4) is 0 Å². The van der Waals surface area contributed by atoms with Crippen LogP contribution in [0.4, 0.5) is 11.4 Å². The summed E-state index contributed by atoms with van der Waals surface area (Å²) in [5, 5.41) is 10.1. The molecule has 0 unspecified atom stereocenters. The van der Waals surface area contributed by atoms with Gasteiger partial charge < -0.3 is 10.6 Å². The molecule has 3 aromatic rings. The Bertz CT molecular complexity index is 1030. The second-order valence-corrected chi connectivity index (χ2v) is 7.33. The lowest BCUT2D eigenvalue weighted by molar-refractivity contribution is -0.115. The number of anilines is 2. The fraction of sp³-hybridized carbons (Fsp3) is 0.190. The average molecular weight is 441 g/mol. The molecule has 0 spiro atoms. The number of hydrogen-bond donors (Lipinski definition) is 2. The van der Waals surface area contributed by atoms with Gasteiger partial charge in [0.1, 0.15) is 0 Å². The summed E-state index contributed by atoms with van der Waals surface area (Å²) in [5.74, 6) is -0.323. The Morgan fingerprint density at radius 2 is 1.79 bits per heavy atom. The van der Waals surface area contributed by atoms with Crippen LogP contribution in [0.15, 0.2) is 53.1 Å². The molecule has 144 valence electrons. The second kappa shape index (κ2) is 8.39. The van der Waals surface area contributed by atoms with E-state index in [2.05, 4.69) is 31.7 Å². The van der Waals surface area contributed by atoms with Crippen molar-refractivity contribution in [1.82, 2.24) is 9.78 Å². The van der Waals surface area contributed by atoms with Crippen LogP contribution >= 0.6 is 15.9 Å².